The van der Waals surface area contributed by atoms with E-state index in [-0.39, 0.29) is 0 Å². The Labute approximate surface area is 176 Å². The molecule has 0 saturated heterocycles. The molecule has 0 spiro atoms. The summed E-state index contributed by atoms with van der Waals surface area (Å²) in [4.78, 5) is 0. The Morgan fingerprint density at radius 3 is 1.36 bits per heavy atom. The molecular weight excluding hydrogens is 340 g/mol. The lowest BCUT2D eigenvalue weighted by Crippen LogP contribution is -1.97. The molecule has 1 heteroatoms. The number of hydrogen-bond acceptors (Lipinski definition) is 1. The van der Waals surface area contributed by atoms with Crippen molar-refractivity contribution in [2.45, 2.75) is 129 Å². The smallest absolute Gasteiger partial charge is 0.119 e. The van der Waals surface area contributed by atoms with Gasteiger partial charge in [-0.15, -0.1) is 0 Å². The van der Waals surface area contributed by atoms with Crippen LogP contribution in [0.25, 0.3) is 0 Å². The topological polar surface area (TPSA) is 9.23 Å². The van der Waals surface area contributed by atoms with Crippen LogP contribution in [0.2, 0.25) is 0 Å². The first-order chi connectivity index (χ1) is 13.9. The molecule has 1 aromatic rings. The van der Waals surface area contributed by atoms with E-state index in [9.17, 15) is 0 Å². The van der Waals surface area contributed by atoms with Crippen LogP contribution in [0, 0.1) is 0 Å². The van der Waals surface area contributed by atoms with Gasteiger partial charge in [0.25, 0.3) is 0 Å². The fourth-order valence-corrected chi connectivity index (χ4v) is 3.88. The predicted molar refractivity (Wildman–Crippen MR) is 125 cm³/mol. The van der Waals surface area contributed by atoms with Crippen molar-refractivity contribution in [1.82, 2.24) is 0 Å². The Morgan fingerprint density at radius 1 is 0.500 bits per heavy atom. The lowest BCUT2D eigenvalue weighted by atomic mass is 10.0. The standard InChI is InChI=1S/C27H48O/c1-3-5-6-7-8-9-10-11-12-13-14-15-16-17-18-19-25-28-27-23-21-26(20-4-2)22-24-27/h21-24H,3-20,25H2,1-2H3. The maximum absolute atomic E-state index is 5.86. The second kappa shape index (κ2) is 19.3. The molecule has 0 aliphatic heterocycles. The fourth-order valence-electron chi connectivity index (χ4n) is 3.88. The van der Waals surface area contributed by atoms with E-state index in [0.29, 0.717) is 0 Å². The number of rotatable bonds is 20. The van der Waals surface area contributed by atoms with Gasteiger partial charge in [-0.2, -0.15) is 0 Å². The number of hydrogen-bond donors (Lipinski definition) is 0. The Balaban J connectivity index is 1.77. The zero-order valence-corrected chi connectivity index (χ0v) is 19.2. The van der Waals surface area contributed by atoms with Gasteiger partial charge in [0.2, 0.25) is 0 Å². The van der Waals surface area contributed by atoms with Crippen LogP contribution in [0.5, 0.6) is 5.75 Å². The van der Waals surface area contributed by atoms with Gasteiger partial charge < -0.3 is 4.74 Å². The van der Waals surface area contributed by atoms with Crippen molar-refractivity contribution in [2.75, 3.05) is 6.61 Å². The molecule has 162 valence electrons. The van der Waals surface area contributed by atoms with Crippen molar-refractivity contribution >= 4 is 0 Å². The lowest BCUT2D eigenvalue weighted by molar-refractivity contribution is 0.304. The molecule has 28 heavy (non-hydrogen) atoms. The number of unbranched alkanes of at least 4 members (excludes halogenated alkanes) is 15. The maximum atomic E-state index is 5.86. The van der Waals surface area contributed by atoms with Crippen LogP contribution in [-0.2, 0) is 6.42 Å². The highest BCUT2D eigenvalue weighted by atomic mass is 16.5. The molecule has 1 nitrogen and oxygen atoms in total. The first-order valence-electron chi connectivity index (χ1n) is 12.6. The summed E-state index contributed by atoms with van der Waals surface area (Å²) in [6.07, 6.45) is 25.0. The third-order valence-electron chi connectivity index (χ3n) is 5.73. The van der Waals surface area contributed by atoms with Crippen LogP contribution in [0.1, 0.15) is 129 Å². The maximum Gasteiger partial charge on any atom is 0.119 e. The molecule has 0 N–H and O–H groups in total. The molecular formula is C27H48O. The minimum atomic E-state index is 0.867. The van der Waals surface area contributed by atoms with Gasteiger partial charge in [-0.05, 0) is 30.5 Å². The molecule has 0 radical (unpaired) electrons. The summed E-state index contributed by atoms with van der Waals surface area (Å²) in [7, 11) is 0. The van der Waals surface area contributed by atoms with E-state index < -0.39 is 0 Å². The van der Waals surface area contributed by atoms with E-state index in [2.05, 4.69) is 38.1 Å². The second-order valence-corrected chi connectivity index (χ2v) is 8.55. The molecule has 1 rings (SSSR count). The van der Waals surface area contributed by atoms with Crippen molar-refractivity contribution in [3.63, 3.8) is 0 Å². The van der Waals surface area contributed by atoms with Crippen LogP contribution in [0.4, 0.5) is 0 Å². The van der Waals surface area contributed by atoms with Gasteiger partial charge in [-0.1, -0.05) is 129 Å². The quantitative estimate of drug-likeness (QED) is 0.202. The molecule has 0 bridgehead atoms. The first-order valence-corrected chi connectivity index (χ1v) is 12.6. The predicted octanol–water partition coefficient (Wildman–Crippen LogP) is 9.28. The fraction of sp³-hybridized carbons (Fsp3) is 0.778. The summed E-state index contributed by atoms with van der Waals surface area (Å²) < 4.78 is 5.86. The summed E-state index contributed by atoms with van der Waals surface area (Å²) in [5, 5.41) is 0. The molecule has 0 atom stereocenters. The average Bonchev–Trinajstić information content (AvgIpc) is 2.72. The van der Waals surface area contributed by atoms with E-state index in [1.165, 1.54) is 121 Å². The van der Waals surface area contributed by atoms with Crippen molar-refractivity contribution < 1.29 is 4.74 Å². The highest BCUT2D eigenvalue weighted by Crippen LogP contribution is 2.15. The second-order valence-electron chi connectivity index (χ2n) is 8.55. The largest absolute Gasteiger partial charge is 0.494 e. The zero-order chi connectivity index (χ0) is 20.1. The van der Waals surface area contributed by atoms with Crippen LogP contribution in [-0.4, -0.2) is 6.61 Å². The highest BCUT2D eigenvalue weighted by Gasteiger charge is 1.97. The molecule has 1 aromatic carbocycles. The van der Waals surface area contributed by atoms with Crippen LogP contribution in [0.15, 0.2) is 24.3 Å². The van der Waals surface area contributed by atoms with Gasteiger partial charge >= 0.3 is 0 Å². The lowest BCUT2D eigenvalue weighted by Gasteiger charge is -2.07. The van der Waals surface area contributed by atoms with E-state index >= 15 is 0 Å². The molecule has 0 unspecified atom stereocenters. The normalized spacial score (nSPS) is 11.1. The molecule has 0 heterocycles. The molecule has 0 aliphatic rings. The minimum Gasteiger partial charge on any atom is -0.494 e. The zero-order valence-electron chi connectivity index (χ0n) is 19.2. The van der Waals surface area contributed by atoms with Gasteiger partial charge in [0.15, 0.2) is 0 Å². The van der Waals surface area contributed by atoms with E-state index in [1.54, 1.807) is 0 Å². The molecule has 0 amide bonds. The third-order valence-corrected chi connectivity index (χ3v) is 5.73. The minimum absolute atomic E-state index is 0.867. The van der Waals surface area contributed by atoms with Crippen LogP contribution < -0.4 is 4.74 Å². The summed E-state index contributed by atoms with van der Waals surface area (Å²) in [6, 6.07) is 8.65. The van der Waals surface area contributed by atoms with Crippen molar-refractivity contribution in [3.8, 4) is 5.75 Å². The Morgan fingerprint density at radius 2 is 0.929 bits per heavy atom. The van der Waals surface area contributed by atoms with E-state index in [4.69, 9.17) is 4.74 Å². The molecule has 0 aromatic heterocycles. The molecule has 0 aliphatic carbocycles. The number of benzene rings is 1. The Kier molecular flexibility index (Phi) is 17.3. The van der Waals surface area contributed by atoms with Crippen LogP contribution >= 0.6 is 0 Å². The summed E-state index contributed by atoms with van der Waals surface area (Å²) in [5.74, 6) is 1.03. The molecule has 0 saturated carbocycles. The van der Waals surface area contributed by atoms with Crippen molar-refractivity contribution in [2.24, 2.45) is 0 Å². The summed E-state index contributed by atoms with van der Waals surface area (Å²) in [5.41, 5.74) is 1.41. The highest BCUT2D eigenvalue weighted by molar-refractivity contribution is 5.27. The van der Waals surface area contributed by atoms with Gasteiger partial charge in [0.05, 0.1) is 6.61 Å². The Bertz CT molecular complexity index is 422. The van der Waals surface area contributed by atoms with E-state index in [1.807, 2.05) is 0 Å². The number of aryl methyl sites for hydroxylation is 1. The van der Waals surface area contributed by atoms with Gasteiger partial charge in [-0.25, -0.2) is 0 Å². The molecule has 0 fully saturated rings. The summed E-state index contributed by atoms with van der Waals surface area (Å²) >= 11 is 0. The Hall–Kier alpha value is -0.980. The van der Waals surface area contributed by atoms with Gasteiger partial charge in [0, 0.05) is 0 Å². The SMILES string of the molecule is CCCCCCCCCCCCCCCCCCOc1ccc(CCC)cc1. The number of ether oxygens (including phenoxy) is 1. The first kappa shape index (κ1) is 25.1. The monoisotopic (exact) mass is 388 g/mol. The van der Waals surface area contributed by atoms with Gasteiger partial charge in [0.1, 0.15) is 5.75 Å². The van der Waals surface area contributed by atoms with Crippen molar-refractivity contribution in [3.05, 3.63) is 29.8 Å². The van der Waals surface area contributed by atoms with Crippen molar-refractivity contribution in [1.29, 1.82) is 0 Å². The van der Waals surface area contributed by atoms with E-state index in [0.717, 1.165) is 12.4 Å². The van der Waals surface area contributed by atoms with Gasteiger partial charge in [-0.3, -0.25) is 0 Å². The van der Waals surface area contributed by atoms with Crippen LogP contribution in [0.3, 0.4) is 0 Å². The third kappa shape index (κ3) is 15.0. The average molecular weight is 389 g/mol. The summed E-state index contributed by atoms with van der Waals surface area (Å²) in [6.45, 7) is 5.38.